The molecule has 2 aromatic rings. The number of thioether (sulfide) groups is 1. The first-order chi connectivity index (χ1) is 11.8. The van der Waals surface area contributed by atoms with Crippen molar-refractivity contribution < 1.29 is 18.4 Å². The van der Waals surface area contributed by atoms with E-state index in [2.05, 4.69) is 0 Å². The van der Waals surface area contributed by atoms with E-state index in [1.165, 1.54) is 16.1 Å². The van der Waals surface area contributed by atoms with E-state index in [1.54, 1.807) is 37.5 Å². The molecule has 25 heavy (non-hydrogen) atoms. The summed E-state index contributed by atoms with van der Waals surface area (Å²) < 4.78 is 26.9. The zero-order chi connectivity index (χ0) is 18.2. The van der Waals surface area contributed by atoms with Gasteiger partial charge in [0.2, 0.25) is 10.0 Å². The van der Waals surface area contributed by atoms with Crippen LogP contribution < -0.4 is 5.48 Å². The van der Waals surface area contributed by atoms with Gasteiger partial charge in [-0.25, -0.2) is 13.9 Å². The zero-order valence-corrected chi connectivity index (χ0v) is 15.6. The summed E-state index contributed by atoms with van der Waals surface area (Å²) >= 11 is 1.51. The molecule has 1 atom stereocenters. The quantitative estimate of drug-likeness (QED) is 0.630. The smallest absolute Gasteiger partial charge is 0.263 e. The van der Waals surface area contributed by atoms with E-state index in [0.717, 1.165) is 10.8 Å². The van der Waals surface area contributed by atoms with Crippen LogP contribution in [0, 0.1) is 0 Å². The first-order valence-corrected chi connectivity index (χ1v) is 10.3. The molecular formula is C17H20N2O4S2. The summed E-state index contributed by atoms with van der Waals surface area (Å²) in [6, 6.07) is 11.4. The molecule has 1 fully saturated rings. The van der Waals surface area contributed by atoms with Gasteiger partial charge < -0.3 is 0 Å². The Hall–Kier alpha value is -1.61. The van der Waals surface area contributed by atoms with E-state index in [4.69, 9.17) is 5.21 Å². The highest BCUT2D eigenvalue weighted by Gasteiger charge is 2.48. The molecule has 1 unspecified atom stereocenters. The molecule has 2 aromatic carbocycles. The van der Waals surface area contributed by atoms with Crippen LogP contribution in [0.3, 0.4) is 0 Å². The van der Waals surface area contributed by atoms with E-state index in [9.17, 15) is 13.2 Å². The molecule has 1 heterocycles. The van der Waals surface area contributed by atoms with Gasteiger partial charge in [-0.05, 0) is 36.8 Å². The zero-order valence-electron chi connectivity index (χ0n) is 14.0. The van der Waals surface area contributed by atoms with Crippen molar-refractivity contribution in [2.45, 2.75) is 29.5 Å². The highest BCUT2D eigenvalue weighted by molar-refractivity contribution is 8.00. The van der Waals surface area contributed by atoms with Crippen LogP contribution in [-0.2, 0) is 14.8 Å². The van der Waals surface area contributed by atoms with Crippen LogP contribution >= 0.6 is 11.8 Å². The minimum Gasteiger partial charge on any atom is -0.289 e. The van der Waals surface area contributed by atoms with E-state index >= 15 is 0 Å². The summed E-state index contributed by atoms with van der Waals surface area (Å²) in [5, 5.41) is 10.8. The van der Waals surface area contributed by atoms with Gasteiger partial charge in [0.15, 0.2) is 0 Å². The molecule has 1 saturated heterocycles. The number of carbonyl (C=O) groups is 1. The molecule has 8 heteroatoms. The standard InChI is InChI=1S/C17H20N2O4S2/c1-17(2)15(16(20)18-21)19(9-10-24-17)25(22,23)14-8-7-12-5-3-4-6-13(12)11-14/h3-8,11,15,21H,9-10H2,1-2H3,(H,18,20). The number of rotatable bonds is 3. The van der Waals surface area contributed by atoms with Crippen molar-refractivity contribution in [1.29, 1.82) is 0 Å². The summed E-state index contributed by atoms with van der Waals surface area (Å²) in [5.74, 6) is -0.142. The predicted molar refractivity (Wildman–Crippen MR) is 98.1 cm³/mol. The fraction of sp³-hybridized carbons (Fsp3) is 0.353. The third-order valence-electron chi connectivity index (χ3n) is 4.42. The Balaban J connectivity index is 2.08. The van der Waals surface area contributed by atoms with Crippen LogP contribution in [0.1, 0.15) is 13.8 Å². The van der Waals surface area contributed by atoms with E-state index in [1.807, 2.05) is 24.3 Å². The van der Waals surface area contributed by atoms with Gasteiger partial charge in [-0.15, -0.1) is 0 Å². The fourth-order valence-corrected chi connectivity index (χ4v) is 6.33. The first-order valence-electron chi connectivity index (χ1n) is 7.86. The molecule has 1 aliphatic heterocycles. The normalized spacial score (nSPS) is 21.2. The average Bonchev–Trinajstić information content (AvgIpc) is 2.59. The van der Waals surface area contributed by atoms with Gasteiger partial charge in [0.1, 0.15) is 6.04 Å². The molecule has 2 N–H and O–H groups in total. The fourth-order valence-electron chi connectivity index (χ4n) is 3.18. The summed E-state index contributed by atoms with van der Waals surface area (Å²) in [6.45, 7) is 3.82. The van der Waals surface area contributed by atoms with Crippen molar-refractivity contribution >= 4 is 38.5 Å². The minimum absolute atomic E-state index is 0.143. The highest BCUT2D eigenvalue weighted by Crippen LogP contribution is 2.38. The lowest BCUT2D eigenvalue weighted by Crippen LogP contribution is -2.61. The van der Waals surface area contributed by atoms with Gasteiger partial charge >= 0.3 is 0 Å². The molecule has 6 nitrogen and oxygen atoms in total. The Kier molecular flexibility index (Phi) is 4.80. The topological polar surface area (TPSA) is 86.7 Å². The highest BCUT2D eigenvalue weighted by atomic mass is 32.2. The van der Waals surface area contributed by atoms with Crippen molar-refractivity contribution in [3.05, 3.63) is 42.5 Å². The Morgan fingerprint density at radius 3 is 2.60 bits per heavy atom. The van der Waals surface area contributed by atoms with Gasteiger partial charge in [-0.2, -0.15) is 16.1 Å². The van der Waals surface area contributed by atoms with Crippen LogP contribution in [0.5, 0.6) is 0 Å². The number of nitrogens with zero attached hydrogens (tertiary/aromatic N) is 1. The van der Waals surface area contributed by atoms with Gasteiger partial charge in [0.25, 0.3) is 5.91 Å². The Bertz CT molecular complexity index is 912. The third kappa shape index (κ3) is 3.27. The maximum Gasteiger partial charge on any atom is 0.263 e. The van der Waals surface area contributed by atoms with E-state index < -0.39 is 26.7 Å². The molecule has 0 radical (unpaired) electrons. The van der Waals surface area contributed by atoms with Crippen molar-refractivity contribution in [2.24, 2.45) is 0 Å². The van der Waals surface area contributed by atoms with Crippen molar-refractivity contribution in [1.82, 2.24) is 9.79 Å². The molecule has 1 aliphatic rings. The van der Waals surface area contributed by atoms with Crippen LogP contribution in [0.2, 0.25) is 0 Å². The van der Waals surface area contributed by atoms with Gasteiger partial charge in [-0.3, -0.25) is 10.0 Å². The summed E-state index contributed by atoms with van der Waals surface area (Å²) in [4.78, 5) is 12.3. The summed E-state index contributed by atoms with van der Waals surface area (Å²) in [5.41, 5.74) is 1.62. The number of nitrogens with one attached hydrogen (secondary N) is 1. The van der Waals surface area contributed by atoms with E-state index in [-0.39, 0.29) is 11.4 Å². The number of sulfonamides is 1. The van der Waals surface area contributed by atoms with Crippen LogP contribution in [0.25, 0.3) is 10.8 Å². The molecule has 0 saturated carbocycles. The lowest BCUT2D eigenvalue weighted by atomic mass is 10.0. The molecule has 0 bridgehead atoms. The average molecular weight is 380 g/mol. The predicted octanol–water partition coefficient (Wildman–Crippen LogP) is 2.23. The molecule has 134 valence electrons. The lowest BCUT2D eigenvalue weighted by Gasteiger charge is -2.43. The first kappa shape index (κ1) is 18.2. The van der Waals surface area contributed by atoms with Crippen molar-refractivity contribution in [3.8, 4) is 0 Å². The number of hydrogen-bond acceptors (Lipinski definition) is 5. The number of fused-ring (bicyclic) bond motifs is 1. The molecule has 0 aromatic heterocycles. The van der Waals surface area contributed by atoms with Crippen LogP contribution in [0.15, 0.2) is 47.4 Å². The van der Waals surface area contributed by atoms with E-state index in [0.29, 0.717) is 5.75 Å². The maximum atomic E-state index is 13.2. The SMILES string of the molecule is CC1(C)SCCN(S(=O)(=O)c2ccc3ccccc3c2)C1C(=O)NO. The van der Waals surface area contributed by atoms with Gasteiger partial charge in [0.05, 0.1) is 4.90 Å². The molecule has 0 spiro atoms. The molecule has 1 amide bonds. The second-order valence-electron chi connectivity index (χ2n) is 6.46. The third-order valence-corrected chi connectivity index (χ3v) is 7.63. The minimum atomic E-state index is -3.88. The van der Waals surface area contributed by atoms with Crippen LogP contribution in [-0.4, -0.2) is 46.9 Å². The number of carbonyl (C=O) groups excluding carboxylic acids is 1. The second-order valence-corrected chi connectivity index (χ2v) is 10.1. The molecule has 3 rings (SSSR count). The summed E-state index contributed by atoms with van der Waals surface area (Å²) in [7, 11) is -3.88. The van der Waals surface area contributed by atoms with Gasteiger partial charge in [0, 0.05) is 17.0 Å². The Labute approximate surface area is 151 Å². The van der Waals surface area contributed by atoms with Crippen molar-refractivity contribution in [3.63, 3.8) is 0 Å². The summed E-state index contributed by atoms with van der Waals surface area (Å²) in [6.07, 6.45) is 0. The lowest BCUT2D eigenvalue weighted by molar-refractivity contribution is -0.134. The van der Waals surface area contributed by atoms with Crippen molar-refractivity contribution in [2.75, 3.05) is 12.3 Å². The Morgan fingerprint density at radius 2 is 1.92 bits per heavy atom. The monoisotopic (exact) mass is 380 g/mol. The van der Waals surface area contributed by atoms with Gasteiger partial charge in [-0.1, -0.05) is 30.3 Å². The maximum absolute atomic E-state index is 13.2. The number of hydroxylamine groups is 1. The molecular weight excluding hydrogens is 360 g/mol. The Morgan fingerprint density at radius 1 is 1.24 bits per heavy atom. The molecule has 0 aliphatic carbocycles. The largest absolute Gasteiger partial charge is 0.289 e. The number of hydrogen-bond donors (Lipinski definition) is 2. The number of amides is 1. The van der Waals surface area contributed by atoms with Crippen LogP contribution in [0.4, 0.5) is 0 Å². The number of benzene rings is 2. The second kappa shape index (κ2) is 6.60.